The van der Waals surface area contributed by atoms with E-state index in [1.807, 2.05) is 18.2 Å². The van der Waals surface area contributed by atoms with Crippen LogP contribution in [0.25, 0.3) is 0 Å². The predicted octanol–water partition coefficient (Wildman–Crippen LogP) is 3.37. The quantitative estimate of drug-likeness (QED) is 0.831. The zero-order chi connectivity index (χ0) is 15.5. The lowest BCUT2D eigenvalue weighted by molar-refractivity contribution is 0.571. The molecule has 0 saturated heterocycles. The maximum Gasteiger partial charge on any atom is 0.146 e. The number of hydrogen-bond acceptors (Lipinski definition) is 3. The van der Waals surface area contributed by atoms with Gasteiger partial charge < -0.3 is 11.1 Å². The Morgan fingerprint density at radius 2 is 2.00 bits per heavy atom. The first-order chi connectivity index (χ1) is 10.7. The molecule has 1 saturated carbocycles. The fraction of sp³-hybridized carbons (Fsp3) is 0.278. The Bertz CT molecular complexity index is 717. The lowest BCUT2D eigenvalue weighted by Gasteiger charge is -2.20. The Morgan fingerprint density at radius 3 is 2.68 bits per heavy atom. The molecule has 0 aliphatic heterocycles. The molecule has 1 aliphatic carbocycles. The van der Waals surface area contributed by atoms with Crippen LogP contribution in [0.4, 0.5) is 10.1 Å². The minimum atomic E-state index is -0.407. The number of nitrogens with zero attached hydrogens (tertiary/aromatic N) is 1. The molecule has 3 rings (SSSR count). The number of benzene rings is 2. The van der Waals surface area contributed by atoms with Crippen LogP contribution in [0.5, 0.6) is 0 Å². The normalized spacial score (nSPS) is 15.3. The molecule has 2 aromatic rings. The first-order valence-corrected chi connectivity index (χ1v) is 7.45. The summed E-state index contributed by atoms with van der Waals surface area (Å²) in [6.45, 7) is 0.915. The van der Waals surface area contributed by atoms with Gasteiger partial charge in [-0.05, 0) is 60.7 Å². The number of halogens is 1. The molecule has 1 unspecified atom stereocenters. The molecule has 0 heterocycles. The van der Waals surface area contributed by atoms with Gasteiger partial charge in [-0.3, -0.25) is 0 Å². The van der Waals surface area contributed by atoms with Crippen molar-refractivity contribution in [3.63, 3.8) is 0 Å². The van der Waals surface area contributed by atoms with Crippen molar-refractivity contribution in [3.05, 3.63) is 65.0 Å². The molecule has 22 heavy (non-hydrogen) atoms. The van der Waals surface area contributed by atoms with E-state index < -0.39 is 5.82 Å². The molecule has 1 fully saturated rings. The summed E-state index contributed by atoms with van der Waals surface area (Å²) in [5, 5.41) is 12.6. The Hall–Kier alpha value is -2.38. The second-order valence-corrected chi connectivity index (χ2v) is 5.80. The van der Waals surface area contributed by atoms with Crippen molar-refractivity contribution in [2.45, 2.75) is 18.9 Å². The lowest BCUT2D eigenvalue weighted by Crippen LogP contribution is -2.24. The first-order valence-electron chi connectivity index (χ1n) is 7.45. The van der Waals surface area contributed by atoms with Crippen molar-refractivity contribution in [1.82, 2.24) is 5.32 Å². The molecule has 3 N–H and O–H groups in total. The van der Waals surface area contributed by atoms with Crippen molar-refractivity contribution in [3.8, 4) is 6.07 Å². The summed E-state index contributed by atoms with van der Waals surface area (Å²) in [6.07, 6.45) is 2.51. The van der Waals surface area contributed by atoms with E-state index in [0.29, 0.717) is 5.56 Å². The van der Waals surface area contributed by atoms with E-state index >= 15 is 0 Å². The van der Waals surface area contributed by atoms with Gasteiger partial charge in [0.25, 0.3) is 0 Å². The monoisotopic (exact) mass is 295 g/mol. The largest absolute Gasteiger partial charge is 0.396 e. The summed E-state index contributed by atoms with van der Waals surface area (Å²) in [6, 6.07) is 14.4. The third kappa shape index (κ3) is 3.26. The molecule has 4 heteroatoms. The van der Waals surface area contributed by atoms with Crippen molar-refractivity contribution in [1.29, 1.82) is 5.26 Å². The number of nitrogens with two attached hydrogens (primary N) is 1. The summed E-state index contributed by atoms with van der Waals surface area (Å²) in [5.74, 6) is 0.315. The molecule has 1 atom stereocenters. The highest BCUT2D eigenvalue weighted by Crippen LogP contribution is 2.31. The molecular weight excluding hydrogens is 277 g/mol. The zero-order valence-corrected chi connectivity index (χ0v) is 12.2. The van der Waals surface area contributed by atoms with Crippen LogP contribution in [0.15, 0.2) is 42.5 Å². The van der Waals surface area contributed by atoms with Crippen molar-refractivity contribution in [2.24, 2.45) is 5.92 Å². The van der Waals surface area contributed by atoms with Gasteiger partial charge >= 0.3 is 0 Å². The van der Waals surface area contributed by atoms with Crippen molar-refractivity contribution in [2.75, 3.05) is 12.3 Å². The van der Waals surface area contributed by atoms with Crippen LogP contribution >= 0.6 is 0 Å². The fourth-order valence-electron chi connectivity index (χ4n) is 2.56. The number of nitrogens with one attached hydrogen (secondary N) is 1. The van der Waals surface area contributed by atoms with E-state index in [-0.39, 0.29) is 11.7 Å². The molecule has 2 aromatic carbocycles. The van der Waals surface area contributed by atoms with Crippen LogP contribution < -0.4 is 11.1 Å². The van der Waals surface area contributed by atoms with Crippen LogP contribution in [-0.4, -0.2) is 6.54 Å². The Kier molecular flexibility index (Phi) is 4.08. The fourth-order valence-corrected chi connectivity index (χ4v) is 2.56. The lowest BCUT2D eigenvalue weighted by atomic mass is 9.96. The average Bonchev–Trinajstić information content (AvgIpc) is 3.35. The number of nitriles is 1. The van der Waals surface area contributed by atoms with Crippen LogP contribution in [-0.2, 0) is 0 Å². The summed E-state index contributed by atoms with van der Waals surface area (Å²) < 4.78 is 13.4. The third-order valence-electron chi connectivity index (χ3n) is 4.01. The van der Waals surface area contributed by atoms with Gasteiger partial charge in [0.2, 0.25) is 0 Å². The number of hydrogen-bond donors (Lipinski definition) is 2. The van der Waals surface area contributed by atoms with E-state index in [9.17, 15) is 4.39 Å². The molecule has 0 aromatic heterocycles. The molecular formula is C18H18FN3. The van der Waals surface area contributed by atoms with Gasteiger partial charge in [0.05, 0.1) is 23.4 Å². The molecule has 1 aliphatic rings. The van der Waals surface area contributed by atoms with Gasteiger partial charge in [0.1, 0.15) is 5.82 Å². The minimum Gasteiger partial charge on any atom is -0.396 e. The maximum absolute atomic E-state index is 13.4. The average molecular weight is 295 g/mol. The van der Waals surface area contributed by atoms with Gasteiger partial charge in [0.15, 0.2) is 0 Å². The summed E-state index contributed by atoms with van der Waals surface area (Å²) in [7, 11) is 0. The topological polar surface area (TPSA) is 61.8 Å². The minimum absolute atomic E-state index is 0.0863. The Morgan fingerprint density at radius 1 is 1.23 bits per heavy atom. The summed E-state index contributed by atoms with van der Waals surface area (Å²) in [4.78, 5) is 0. The van der Waals surface area contributed by atoms with Gasteiger partial charge in [-0.25, -0.2) is 4.39 Å². The Balaban J connectivity index is 1.94. The molecule has 3 nitrogen and oxygen atoms in total. The second-order valence-electron chi connectivity index (χ2n) is 5.80. The smallest absolute Gasteiger partial charge is 0.146 e. The number of nitrogen functional groups attached to an aromatic ring is 1. The number of anilines is 1. The van der Waals surface area contributed by atoms with E-state index in [1.54, 1.807) is 18.2 Å². The van der Waals surface area contributed by atoms with Gasteiger partial charge in [-0.2, -0.15) is 5.26 Å². The van der Waals surface area contributed by atoms with Crippen LogP contribution in [0, 0.1) is 23.1 Å². The van der Waals surface area contributed by atoms with Crippen molar-refractivity contribution >= 4 is 5.69 Å². The van der Waals surface area contributed by atoms with Gasteiger partial charge in [-0.15, -0.1) is 0 Å². The Labute approximate surface area is 129 Å². The summed E-state index contributed by atoms with van der Waals surface area (Å²) in [5.41, 5.74) is 8.37. The zero-order valence-electron chi connectivity index (χ0n) is 12.2. The highest BCUT2D eigenvalue weighted by atomic mass is 19.1. The van der Waals surface area contributed by atoms with E-state index in [1.165, 1.54) is 18.9 Å². The van der Waals surface area contributed by atoms with Gasteiger partial charge in [0, 0.05) is 0 Å². The molecule has 0 bridgehead atoms. The van der Waals surface area contributed by atoms with Crippen LogP contribution in [0.2, 0.25) is 0 Å². The first kappa shape index (κ1) is 14.6. The van der Waals surface area contributed by atoms with E-state index in [4.69, 9.17) is 11.0 Å². The highest BCUT2D eigenvalue weighted by Gasteiger charge is 2.23. The van der Waals surface area contributed by atoms with E-state index in [2.05, 4.69) is 11.4 Å². The van der Waals surface area contributed by atoms with E-state index in [0.717, 1.165) is 23.6 Å². The van der Waals surface area contributed by atoms with Crippen LogP contribution in [0.1, 0.15) is 35.6 Å². The number of rotatable bonds is 5. The second kappa shape index (κ2) is 6.17. The molecule has 0 amide bonds. The molecule has 0 spiro atoms. The standard InChI is InChI=1S/C18H18FN3/c19-16-7-6-15(9-17(16)21)18(22-11-12-4-5-12)14-3-1-2-13(8-14)10-20/h1-3,6-9,12,18,22H,4-5,11,21H2. The predicted molar refractivity (Wildman–Crippen MR) is 84.5 cm³/mol. The van der Waals surface area contributed by atoms with Gasteiger partial charge in [-0.1, -0.05) is 18.2 Å². The summed E-state index contributed by atoms with van der Waals surface area (Å²) >= 11 is 0. The third-order valence-corrected chi connectivity index (χ3v) is 4.01. The molecule has 0 radical (unpaired) electrons. The molecule has 112 valence electrons. The SMILES string of the molecule is N#Cc1cccc(C(NCC2CC2)c2ccc(F)c(N)c2)c1. The van der Waals surface area contributed by atoms with Crippen molar-refractivity contribution < 1.29 is 4.39 Å². The maximum atomic E-state index is 13.4. The highest BCUT2D eigenvalue weighted by molar-refractivity contribution is 5.46. The van der Waals surface area contributed by atoms with Crippen LogP contribution in [0.3, 0.4) is 0 Å².